The molecule has 0 spiro atoms. The highest BCUT2D eigenvalue weighted by Gasteiger charge is 2.12. The molecule has 1 N–H and O–H groups in total. The molecule has 0 unspecified atom stereocenters. The Balaban J connectivity index is 1.45. The fraction of sp³-hybridized carbons (Fsp3) is 0.273. The van der Waals surface area contributed by atoms with Gasteiger partial charge in [-0.2, -0.15) is 0 Å². The van der Waals surface area contributed by atoms with Crippen molar-refractivity contribution < 1.29 is 14.3 Å². The summed E-state index contributed by atoms with van der Waals surface area (Å²) in [6.45, 7) is 2.08. The van der Waals surface area contributed by atoms with Crippen LogP contribution in [0.4, 0.5) is 5.69 Å². The highest BCUT2D eigenvalue weighted by atomic mass is 32.2. The van der Waals surface area contributed by atoms with Crippen molar-refractivity contribution in [3.05, 3.63) is 71.5 Å². The maximum absolute atomic E-state index is 12.3. The van der Waals surface area contributed by atoms with Crippen LogP contribution in [0.1, 0.15) is 28.7 Å². The minimum absolute atomic E-state index is 0.156. The van der Waals surface area contributed by atoms with E-state index in [4.69, 9.17) is 4.74 Å². The van der Waals surface area contributed by atoms with Crippen LogP contribution in [-0.4, -0.2) is 39.0 Å². The van der Waals surface area contributed by atoms with E-state index in [0.29, 0.717) is 23.0 Å². The fourth-order valence-electron chi connectivity index (χ4n) is 2.66. The van der Waals surface area contributed by atoms with Crippen LogP contribution in [0, 0.1) is 0 Å². The van der Waals surface area contributed by atoms with Gasteiger partial charge in [0.25, 0.3) is 0 Å². The van der Waals surface area contributed by atoms with Crippen molar-refractivity contribution in [2.45, 2.75) is 23.6 Å². The summed E-state index contributed by atoms with van der Waals surface area (Å²) >= 11 is 3.11. The molecule has 1 amide bonds. The monoisotopic (exact) mass is 456 g/mol. The van der Waals surface area contributed by atoms with Crippen molar-refractivity contribution in [1.82, 2.24) is 14.8 Å². The number of carbonyl (C=O) groups is 2. The zero-order valence-corrected chi connectivity index (χ0v) is 19.0. The van der Waals surface area contributed by atoms with Gasteiger partial charge in [-0.1, -0.05) is 42.1 Å². The minimum Gasteiger partial charge on any atom is -0.462 e. The SMILES string of the molecule is CCOC(=O)c1ccc(NC(=O)CSc2nnc(CSCc3ccccc3)n2C)cc1. The van der Waals surface area contributed by atoms with Crippen molar-refractivity contribution in [3.63, 3.8) is 0 Å². The summed E-state index contributed by atoms with van der Waals surface area (Å²) < 4.78 is 6.87. The van der Waals surface area contributed by atoms with Crippen LogP contribution in [0.15, 0.2) is 59.8 Å². The molecule has 0 bridgehead atoms. The summed E-state index contributed by atoms with van der Waals surface area (Å²) in [6.07, 6.45) is 0. The predicted octanol–water partition coefficient (Wildman–Crippen LogP) is 4.16. The molecule has 162 valence electrons. The predicted molar refractivity (Wildman–Crippen MR) is 124 cm³/mol. The minimum atomic E-state index is -0.379. The Labute approximate surface area is 190 Å². The molecule has 0 radical (unpaired) electrons. The van der Waals surface area contributed by atoms with E-state index in [1.165, 1.54) is 17.3 Å². The van der Waals surface area contributed by atoms with Crippen LogP contribution < -0.4 is 5.32 Å². The lowest BCUT2D eigenvalue weighted by Gasteiger charge is -2.07. The van der Waals surface area contributed by atoms with Gasteiger partial charge in [0.15, 0.2) is 5.16 Å². The van der Waals surface area contributed by atoms with E-state index >= 15 is 0 Å². The first-order valence-corrected chi connectivity index (χ1v) is 11.9. The fourth-order valence-corrected chi connectivity index (χ4v) is 4.36. The zero-order chi connectivity index (χ0) is 22.1. The van der Waals surface area contributed by atoms with Gasteiger partial charge in [0.1, 0.15) is 5.82 Å². The van der Waals surface area contributed by atoms with E-state index in [1.807, 2.05) is 29.8 Å². The number of nitrogens with zero attached hydrogens (tertiary/aromatic N) is 3. The molecule has 1 aromatic heterocycles. The second-order valence-electron chi connectivity index (χ2n) is 6.57. The van der Waals surface area contributed by atoms with Crippen LogP contribution in [0.5, 0.6) is 0 Å². The third kappa shape index (κ3) is 6.86. The van der Waals surface area contributed by atoms with Gasteiger partial charge in [-0.3, -0.25) is 4.79 Å². The standard InChI is InChI=1S/C22H24N4O3S2/c1-3-29-21(28)17-9-11-18(12-10-17)23-20(27)15-31-22-25-24-19(26(22)2)14-30-13-16-7-5-4-6-8-16/h4-12H,3,13-15H2,1-2H3,(H,23,27). The number of ether oxygens (including phenoxy) is 1. The Hall–Kier alpha value is -2.78. The summed E-state index contributed by atoms with van der Waals surface area (Å²) in [6, 6.07) is 16.9. The quantitative estimate of drug-likeness (QED) is 0.362. The molecule has 0 saturated carbocycles. The first-order valence-electron chi connectivity index (χ1n) is 9.76. The highest BCUT2D eigenvalue weighted by molar-refractivity contribution is 7.99. The highest BCUT2D eigenvalue weighted by Crippen LogP contribution is 2.21. The normalized spacial score (nSPS) is 10.6. The van der Waals surface area contributed by atoms with Gasteiger partial charge in [-0.25, -0.2) is 4.79 Å². The van der Waals surface area contributed by atoms with Crippen molar-refractivity contribution in [2.24, 2.45) is 7.05 Å². The number of hydrogen-bond donors (Lipinski definition) is 1. The molecule has 1 heterocycles. The lowest BCUT2D eigenvalue weighted by Crippen LogP contribution is -2.14. The summed E-state index contributed by atoms with van der Waals surface area (Å²) in [7, 11) is 1.91. The van der Waals surface area contributed by atoms with Gasteiger partial charge in [-0.15, -0.1) is 22.0 Å². The van der Waals surface area contributed by atoms with Crippen molar-refractivity contribution in [1.29, 1.82) is 0 Å². The molecule has 0 saturated heterocycles. The molecule has 0 aliphatic rings. The number of anilines is 1. The molecule has 3 rings (SSSR count). The van der Waals surface area contributed by atoms with Crippen LogP contribution in [0.2, 0.25) is 0 Å². The zero-order valence-electron chi connectivity index (χ0n) is 17.4. The summed E-state index contributed by atoms with van der Waals surface area (Å²) in [5.41, 5.74) is 2.34. The summed E-state index contributed by atoms with van der Waals surface area (Å²) in [4.78, 5) is 23.9. The summed E-state index contributed by atoms with van der Waals surface area (Å²) in [5.74, 6) is 2.21. The average molecular weight is 457 g/mol. The smallest absolute Gasteiger partial charge is 0.338 e. The topological polar surface area (TPSA) is 86.1 Å². The Morgan fingerprint density at radius 3 is 2.48 bits per heavy atom. The van der Waals surface area contributed by atoms with Crippen molar-refractivity contribution >= 4 is 41.1 Å². The maximum Gasteiger partial charge on any atom is 0.338 e. The molecular formula is C22H24N4O3S2. The van der Waals surface area contributed by atoms with Gasteiger partial charge in [0.05, 0.1) is 23.7 Å². The third-order valence-electron chi connectivity index (χ3n) is 4.28. The van der Waals surface area contributed by atoms with Gasteiger partial charge in [0.2, 0.25) is 5.91 Å². The van der Waals surface area contributed by atoms with Crippen molar-refractivity contribution in [2.75, 3.05) is 17.7 Å². The molecule has 0 fully saturated rings. The van der Waals surface area contributed by atoms with E-state index < -0.39 is 0 Å². The van der Waals surface area contributed by atoms with E-state index in [1.54, 1.807) is 43.0 Å². The maximum atomic E-state index is 12.3. The summed E-state index contributed by atoms with van der Waals surface area (Å²) in [5, 5.41) is 12.0. The number of aromatic nitrogens is 3. The number of esters is 1. The first-order chi connectivity index (χ1) is 15.1. The molecule has 9 heteroatoms. The number of nitrogens with one attached hydrogen (secondary N) is 1. The van der Waals surface area contributed by atoms with Crippen LogP contribution >= 0.6 is 23.5 Å². The van der Waals surface area contributed by atoms with Crippen LogP contribution in [0.25, 0.3) is 0 Å². The largest absolute Gasteiger partial charge is 0.462 e. The number of benzene rings is 2. The Morgan fingerprint density at radius 2 is 1.77 bits per heavy atom. The van der Waals surface area contributed by atoms with E-state index in [0.717, 1.165) is 17.3 Å². The number of thioether (sulfide) groups is 2. The van der Waals surface area contributed by atoms with Crippen LogP contribution in [-0.2, 0) is 28.1 Å². The number of carbonyl (C=O) groups excluding carboxylic acids is 2. The van der Waals surface area contributed by atoms with E-state index in [2.05, 4.69) is 27.6 Å². The van der Waals surface area contributed by atoms with E-state index in [-0.39, 0.29) is 17.6 Å². The average Bonchev–Trinajstić information content (AvgIpc) is 3.13. The molecule has 0 aliphatic carbocycles. The van der Waals surface area contributed by atoms with Gasteiger partial charge < -0.3 is 14.6 Å². The Bertz CT molecular complexity index is 1010. The number of rotatable bonds is 10. The van der Waals surface area contributed by atoms with Gasteiger partial charge in [-0.05, 0) is 36.8 Å². The van der Waals surface area contributed by atoms with Crippen molar-refractivity contribution in [3.8, 4) is 0 Å². The third-order valence-corrected chi connectivity index (χ3v) is 6.30. The lowest BCUT2D eigenvalue weighted by atomic mass is 10.2. The Morgan fingerprint density at radius 1 is 1.03 bits per heavy atom. The molecular weight excluding hydrogens is 432 g/mol. The molecule has 0 aliphatic heterocycles. The number of hydrogen-bond acceptors (Lipinski definition) is 7. The molecule has 0 atom stereocenters. The van der Waals surface area contributed by atoms with E-state index in [9.17, 15) is 9.59 Å². The Kier molecular flexibility index (Phi) is 8.54. The first kappa shape index (κ1) is 22.9. The van der Waals surface area contributed by atoms with Gasteiger partial charge in [0, 0.05) is 18.5 Å². The molecule has 31 heavy (non-hydrogen) atoms. The molecule has 2 aromatic carbocycles. The molecule has 3 aromatic rings. The molecule has 7 nitrogen and oxygen atoms in total. The lowest BCUT2D eigenvalue weighted by molar-refractivity contribution is -0.113. The number of amides is 1. The second-order valence-corrected chi connectivity index (χ2v) is 8.50. The van der Waals surface area contributed by atoms with Crippen LogP contribution in [0.3, 0.4) is 0 Å². The second kappa shape index (κ2) is 11.6. The van der Waals surface area contributed by atoms with Gasteiger partial charge >= 0.3 is 5.97 Å².